The number of hydrogen-bond acceptors (Lipinski definition) is 2. The van der Waals surface area contributed by atoms with Crippen LogP contribution in [0.1, 0.15) is 6.92 Å². The molecule has 0 aromatic heterocycles. The molecule has 1 unspecified atom stereocenters. The van der Waals surface area contributed by atoms with E-state index in [1.807, 2.05) is 5.92 Å². The summed E-state index contributed by atoms with van der Waals surface area (Å²) in [5.41, 5.74) is 1.87. The lowest BCUT2D eigenvalue weighted by molar-refractivity contribution is -0.228. The van der Waals surface area contributed by atoms with Gasteiger partial charge in [-0.25, -0.2) is 0 Å². The summed E-state index contributed by atoms with van der Waals surface area (Å²) >= 11 is 0. The molecule has 2 nitrogen and oxygen atoms in total. The second kappa shape index (κ2) is 4.55. The van der Waals surface area contributed by atoms with Gasteiger partial charge in [0.05, 0.1) is 6.54 Å². The van der Waals surface area contributed by atoms with Gasteiger partial charge in [-0.3, -0.25) is 0 Å². The highest BCUT2D eigenvalue weighted by atomic mass is 35.5. The molecule has 72 valence electrons. The summed E-state index contributed by atoms with van der Waals surface area (Å²) < 4.78 is 35.3. The van der Waals surface area contributed by atoms with Gasteiger partial charge in [-0.05, 0) is 6.92 Å². The van der Waals surface area contributed by atoms with Crippen molar-refractivity contribution in [3.05, 3.63) is 0 Å². The maximum Gasteiger partial charge on any atom is 0.428 e. The molecule has 3 N–H and O–H groups in total. The number of nitrogens with two attached hydrogens (primary N) is 1. The van der Waals surface area contributed by atoms with Crippen molar-refractivity contribution in [3.8, 4) is 11.8 Å². The molecule has 0 aliphatic rings. The van der Waals surface area contributed by atoms with Crippen molar-refractivity contribution in [2.75, 3.05) is 6.54 Å². The highest BCUT2D eigenvalue weighted by Crippen LogP contribution is 2.28. The first-order valence-electron chi connectivity index (χ1n) is 2.80. The smallest absolute Gasteiger partial charge is 0.370 e. The second-order valence-corrected chi connectivity index (χ2v) is 2.08. The van der Waals surface area contributed by atoms with Gasteiger partial charge in [-0.1, -0.05) is 11.8 Å². The Morgan fingerprint density at radius 1 is 1.42 bits per heavy atom. The molecule has 12 heavy (non-hydrogen) atoms. The van der Waals surface area contributed by atoms with E-state index in [-0.39, 0.29) is 19.0 Å². The van der Waals surface area contributed by atoms with Crippen LogP contribution in [0, 0.1) is 11.8 Å². The van der Waals surface area contributed by atoms with E-state index in [1.165, 1.54) is 0 Å². The molecule has 0 amide bonds. The molecule has 0 rings (SSSR count). The summed E-state index contributed by atoms with van der Waals surface area (Å²) in [6.07, 6.45) is -4.73. The Morgan fingerprint density at radius 2 is 1.83 bits per heavy atom. The van der Waals surface area contributed by atoms with E-state index in [9.17, 15) is 13.2 Å². The first kappa shape index (κ1) is 14.1. The van der Waals surface area contributed by atoms with Gasteiger partial charge in [-0.2, -0.15) is 13.2 Å². The van der Waals surface area contributed by atoms with Gasteiger partial charge in [0.25, 0.3) is 0 Å². The SMILES string of the molecule is CC(O)(C#CCN)C(F)(F)F.Cl. The monoisotopic (exact) mass is 203 g/mol. The largest absolute Gasteiger partial charge is 0.428 e. The van der Waals surface area contributed by atoms with Crippen LogP contribution < -0.4 is 5.73 Å². The van der Waals surface area contributed by atoms with E-state index in [4.69, 9.17) is 10.8 Å². The first-order valence-corrected chi connectivity index (χ1v) is 2.80. The molecule has 0 saturated heterocycles. The van der Waals surface area contributed by atoms with E-state index in [2.05, 4.69) is 0 Å². The fourth-order valence-electron chi connectivity index (χ4n) is 0.294. The standard InChI is InChI=1S/C6H8F3NO.ClH/c1-5(11,3-2-4-10)6(7,8)9;/h11H,4,10H2,1H3;1H. The minimum Gasteiger partial charge on any atom is -0.370 e. The molecule has 0 radical (unpaired) electrons. The van der Waals surface area contributed by atoms with Crippen LogP contribution in [-0.2, 0) is 0 Å². The third-order valence-corrected chi connectivity index (χ3v) is 0.986. The first-order chi connectivity index (χ1) is 4.81. The number of halogens is 4. The topological polar surface area (TPSA) is 46.2 Å². The van der Waals surface area contributed by atoms with Crippen molar-refractivity contribution in [2.24, 2.45) is 5.73 Å². The van der Waals surface area contributed by atoms with Gasteiger partial charge in [-0.15, -0.1) is 12.4 Å². The minimum absolute atomic E-state index is 0. The Hall–Kier alpha value is -0.440. The lowest BCUT2D eigenvalue weighted by Gasteiger charge is -2.19. The van der Waals surface area contributed by atoms with Crippen LogP contribution in [-0.4, -0.2) is 23.4 Å². The van der Waals surface area contributed by atoms with Crippen molar-refractivity contribution in [2.45, 2.75) is 18.7 Å². The van der Waals surface area contributed by atoms with Crippen LogP contribution in [0.5, 0.6) is 0 Å². The Balaban J connectivity index is 0. The second-order valence-electron chi connectivity index (χ2n) is 2.08. The highest BCUT2D eigenvalue weighted by molar-refractivity contribution is 5.85. The van der Waals surface area contributed by atoms with Crippen LogP contribution in [0.15, 0.2) is 0 Å². The van der Waals surface area contributed by atoms with Gasteiger partial charge in [0.15, 0.2) is 0 Å². The Morgan fingerprint density at radius 3 is 2.08 bits per heavy atom. The maximum atomic E-state index is 11.8. The van der Waals surface area contributed by atoms with E-state index in [0.29, 0.717) is 6.92 Å². The molecular weight excluding hydrogens is 195 g/mol. The van der Waals surface area contributed by atoms with E-state index >= 15 is 0 Å². The van der Waals surface area contributed by atoms with Crippen LogP contribution in [0.3, 0.4) is 0 Å². The molecule has 0 aliphatic heterocycles. The van der Waals surface area contributed by atoms with E-state index < -0.39 is 11.8 Å². The van der Waals surface area contributed by atoms with Crippen LogP contribution in [0.25, 0.3) is 0 Å². The summed E-state index contributed by atoms with van der Waals surface area (Å²) in [7, 11) is 0. The predicted octanol–water partition coefficient (Wildman–Crippen LogP) is 0.684. The molecule has 0 aliphatic carbocycles. The zero-order chi connectivity index (χ0) is 9.12. The van der Waals surface area contributed by atoms with Crippen LogP contribution in [0.2, 0.25) is 0 Å². The van der Waals surface area contributed by atoms with Crippen molar-refractivity contribution < 1.29 is 18.3 Å². The average Bonchev–Trinajstić information content (AvgIpc) is 1.81. The highest BCUT2D eigenvalue weighted by Gasteiger charge is 2.48. The Kier molecular flexibility index (Phi) is 5.35. The van der Waals surface area contributed by atoms with Crippen molar-refractivity contribution >= 4 is 12.4 Å². The number of rotatable bonds is 0. The lowest BCUT2D eigenvalue weighted by Crippen LogP contribution is -2.40. The number of hydrogen-bond donors (Lipinski definition) is 2. The van der Waals surface area contributed by atoms with Gasteiger partial charge < -0.3 is 10.8 Å². The van der Waals surface area contributed by atoms with E-state index in [0.717, 1.165) is 0 Å². The molecule has 0 bridgehead atoms. The summed E-state index contributed by atoms with van der Waals surface area (Å²) in [4.78, 5) is 0. The molecule has 0 saturated carbocycles. The fourth-order valence-corrected chi connectivity index (χ4v) is 0.294. The van der Waals surface area contributed by atoms with Gasteiger partial charge >= 0.3 is 6.18 Å². The van der Waals surface area contributed by atoms with Crippen LogP contribution >= 0.6 is 12.4 Å². The van der Waals surface area contributed by atoms with Crippen LogP contribution in [0.4, 0.5) is 13.2 Å². The third-order valence-electron chi connectivity index (χ3n) is 0.986. The summed E-state index contributed by atoms with van der Waals surface area (Å²) in [5, 5.41) is 8.63. The normalized spacial score (nSPS) is 15.2. The molecule has 0 spiro atoms. The quantitative estimate of drug-likeness (QED) is 0.569. The van der Waals surface area contributed by atoms with Crippen molar-refractivity contribution in [3.63, 3.8) is 0 Å². The Bertz CT molecular complexity index is 191. The molecule has 0 aromatic carbocycles. The summed E-state index contributed by atoms with van der Waals surface area (Å²) in [5.74, 6) is 3.56. The Labute approximate surface area is 74.3 Å². The fraction of sp³-hybridized carbons (Fsp3) is 0.667. The molecule has 0 fully saturated rings. The van der Waals surface area contributed by atoms with Crippen molar-refractivity contribution in [1.29, 1.82) is 0 Å². The zero-order valence-electron chi connectivity index (χ0n) is 6.27. The molecule has 0 aromatic rings. The van der Waals surface area contributed by atoms with E-state index in [1.54, 1.807) is 5.92 Å². The van der Waals surface area contributed by atoms with Crippen molar-refractivity contribution in [1.82, 2.24) is 0 Å². The van der Waals surface area contributed by atoms with Gasteiger partial charge in [0.2, 0.25) is 5.60 Å². The maximum absolute atomic E-state index is 11.8. The molecule has 1 atom stereocenters. The predicted molar refractivity (Wildman–Crippen MR) is 40.8 cm³/mol. The minimum atomic E-state index is -4.73. The third kappa shape index (κ3) is 3.81. The molecule has 6 heteroatoms. The van der Waals surface area contributed by atoms with Gasteiger partial charge in [0, 0.05) is 0 Å². The summed E-state index contributed by atoms with van der Waals surface area (Å²) in [6, 6.07) is 0. The van der Waals surface area contributed by atoms with Gasteiger partial charge in [0.1, 0.15) is 0 Å². The zero-order valence-corrected chi connectivity index (χ0v) is 7.09. The lowest BCUT2D eigenvalue weighted by atomic mass is 10.1. The average molecular weight is 204 g/mol. The summed E-state index contributed by atoms with van der Waals surface area (Å²) in [6.45, 7) is 0.377. The number of alkyl halides is 3. The molecular formula is C6H9ClF3NO. The molecule has 0 heterocycles. The number of aliphatic hydroxyl groups is 1.